The zero-order valence-corrected chi connectivity index (χ0v) is 11.1. The van der Waals surface area contributed by atoms with E-state index in [0.717, 1.165) is 15.3 Å². The first-order chi connectivity index (χ1) is 9.10. The minimum absolute atomic E-state index is 0.0810. The van der Waals surface area contributed by atoms with Gasteiger partial charge in [-0.2, -0.15) is 0 Å². The maximum Gasteiger partial charge on any atom is 0.254 e. The van der Waals surface area contributed by atoms with E-state index < -0.39 is 11.3 Å². The van der Waals surface area contributed by atoms with Crippen molar-refractivity contribution < 1.29 is 8.78 Å². The standard InChI is InChI=1S/C13H13F2N3S/c14-13(15)8-12(13)2-5-18(6-3-12)11-17-9-7-16-4-1-10(9)19-11/h1,4,7H,2-3,5-6,8H2. The highest BCUT2D eigenvalue weighted by Gasteiger charge is 2.70. The summed E-state index contributed by atoms with van der Waals surface area (Å²) in [5.41, 5.74) is 0.196. The number of anilines is 1. The maximum atomic E-state index is 13.3. The van der Waals surface area contributed by atoms with E-state index in [4.69, 9.17) is 0 Å². The first-order valence-electron chi connectivity index (χ1n) is 6.43. The first kappa shape index (κ1) is 11.5. The maximum absolute atomic E-state index is 13.3. The molecule has 0 atom stereocenters. The molecule has 0 unspecified atom stereocenters. The highest BCUT2D eigenvalue weighted by atomic mass is 32.1. The molecule has 4 rings (SSSR count). The molecule has 19 heavy (non-hydrogen) atoms. The van der Waals surface area contributed by atoms with Gasteiger partial charge in [-0.05, 0) is 18.9 Å². The van der Waals surface area contributed by atoms with Crippen LogP contribution in [-0.2, 0) is 0 Å². The lowest BCUT2D eigenvalue weighted by atomic mass is 9.93. The Kier molecular flexibility index (Phi) is 2.20. The zero-order chi connectivity index (χ0) is 13.1. The number of aromatic nitrogens is 2. The quantitative estimate of drug-likeness (QED) is 0.803. The molecule has 100 valence electrons. The van der Waals surface area contributed by atoms with E-state index in [1.54, 1.807) is 23.7 Å². The molecule has 0 N–H and O–H groups in total. The Morgan fingerprint density at radius 3 is 2.63 bits per heavy atom. The smallest absolute Gasteiger partial charge is 0.254 e. The van der Waals surface area contributed by atoms with Gasteiger partial charge in [0.25, 0.3) is 5.92 Å². The molecule has 2 fully saturated rings. The lowest BCUT2D eigenvalue weighted by Crippen LogP contribution is -2.36. The van der Waals surface area contributed by atoms with E-state index in [1.807, 2.05) is 6.07 Å². The molecule has 2 aromatic heterocycles. The van der Waals surface area contributed by atoms with Crippen molar-refractivity contribution in [1.82, 2.24) is 9.97 Å². The van der Waals surface area contributed by atoms with Crippen LogP contribution in [0.25, 0.3) is 10.2 Å². The summed E-state index contributed by atoms with van der Waals surface area (Å²) in [6.07, 6.45) is 4.73. The summed E-state index contributed by atoms with van der Waals surface area (Å²) in [7, 11) is 0. The normalized spacial score (nSPS) is 24.0. The van der Waals surface area contributed by atoms with Crippen LogP contribution in [0.15, 0.2) is 18.5 Å². The highest BCUT2D eigenvalue weighted by Crippen LogP contribution is 2.66. The van der Waals surface area contributed by atoms with Crippen molar-refractivity contribution >= 4 is 26.7 Å². The van der Waals surface area contributed by atoms with Crippen LogP contribution in [0.4, 0.5) is 13.9 Å². The van der Waals surface area contributed by atoms with Crippen LogP contribution in [0.2, 0.25) is 0 Å². The fraction of sp³-hybridized carbons (Fsp3) is 0.538. The van der Waals surface area contributed by atoms with Gasteiger partial charge in [0.05, 0.1) is 10.9 Å². The zero-order valence-electron chi connectivity index (χ0n) is 10.3. The van der Waals surface area contributed by atoms with Gasteiger partial charge < -0.3 is 4.90 Å². The third kappa shape index (κ3) is 1.65. The van der Waals surface area contributed by atoms with E-state index in [-0.39, 0.29) is 6.42 Å². The summed E-state index contributed by atoms with van der Waals surface area (Å²) >= 11 is 1.61. The predicted molar refractivity (Wildman–Crippen MR) is 70.9 cm³/mol. The summed E-state index contributed by atoms with van der Waals surface area (Å²) < 4.78 is 27.8. The SMILES string of the molecule is FC1(F)CC12CCN(c1nc3cnccc3s1)CC2. The minimum Gasteiger partial charge on any atom is -0.348 e. The van der Waals surface area contributed by atoms with E-state index >= 15 is 0 Å². The number of fused-ring (bicyclic) bond motifs is 1. The van der Waals surface area contributed by atoms with E-state index in [1.165, 1.54) is 0 Å². The molecular weight excluding hydrogens is 268 g/mol. The second kappa shape index (κ2) is 3.62. The first-order valence-corrected chi connectivity index (χ1v) is 7.25. The predicted octanol–water partition coefficient (Wildman–Crippen LogP) is 3.32. The third-order valence-corrected chi connectivity index (χ3v) is 5.48. The van der Waals surface area contributed by atoms with E-state index in [9.17, 15) is 8.78 Å². The van der Waals surface area contributed by atoms with Crippen LogP contribution in [0.5, 0.6) is 0 Å². The molecule has 0 radical (unpaired) electrons. The van der Waals surface area contributed by atoms with Crippen molar-refractivity contribution in [3.63, 3.8) is 0 Å². The Balaban J connectivity index is 1.55. The molecule has 3 heterocycles. The lowest BCUT2D eigenvalue weighted by molar-refractivity contribution is 0.0537. The molecule has 6 heteroatoms. The Hall–Kier alpha value is -1.30. The number of halogens is 2. The summed E-state index contributed by atoms with van der Waals surface area (Å²) in [5, 5.41) is 0.932. The van der Waals surface area contributed by atoms with Gasteiger partial charge in [0.15, 0.2) is 5.13 Å². The number of hydrogen-bond acceptors (Lipinski definition) is 4. The second-order valence-corrected chi connectivity index (χ2v) is 6.50. The van der Waals surface area contributed by atoms with Crippen LogP contribution < -0.4 is 4.90 Å². The van der Waals surface area contributed by atoms with Gasteiger partial charge in [-0.1, -0.05) is 11.3 Å². The second-order valence-electron chi connectivity index (χ2n) is 5.49. The molecule has 3 nitrogen and oxygen atoms in total. The van der Waals surface area contributed by atoms with Crippen LogP contribution in [0, 0.1) is 5.41 Å². The van der Waals surface area contributed by atoms with Gasteiger partial charge in [0, 0.05) is 31.1 Å². The Morgan fingerprint density at radius 1 is 1.26 bits per heavy atom. The average molecular weight is 281 g/mol. The number of rotatable bonds is 1. The fourth-order valence-electron chi connectivity index (χ4n) is 2.95. The molecule has 2 aromatic rings. The molecule has 0 bridgehead atoms. The number of piperidine rings is 1. The van der Waals surface area contributed by atoms with Crippen LogP contribution in [0.1, 0.15) is 19.3 Å². The van der Waals surface area contributed by atoms with Gasteiger partial charge in [-0.3, -0.25) is 4.98 Å². The van der Waals surface area contributed by atoms with Crippen molar-refractivity contribution in [2.24, 2.45) is 5.41 Å². The molecular formula is C13H13F2N3S. The topological polar surface area (TPSA) is 29.0 Å². The van der Waals surface area contributed by atoms with Crippen molar-refractivity contribution in [3.8, 4) is 0 Å². The Bertz CT molecular complexity index is 599. The van der Waals surface area contributed by atoms with Crippen molar-refractivity contribution in [2.45, 2.75) is 25.2 Å². The van der Waals surface area contributed by atoms with Gasteiger partial charge in [0.2, 0.25) is 0 Å². The van der Waals surface area contributed by atoms with Gasteiger partial charge in [-0.15, -0.1) is 0 Å². The molecule has 0 aromatic carbocycles. The summed E-state index contributed by atoms with van der Waals surface area (Å²) in [6, 6.07) is 1.94. The molecule has 1 saturated heterocycles. The van der Waals surface area contributed by atoms with E-state index in [2.05, 4.69) is 14.9 Å². The lowest BCUT2D eigenvalue weighted by Gasteiger charge is -2.31. The van der Waals surface area contributed by atoms with Gasteiger partial charge >= 0.3 is 0 Å². The van der Waals surface area contributed by atoms with Gasteiger partial charge in [0.1, 0.15) is 5.52 Å². The molecule has 0 amide bonds. The molecule has 1 aliphatic carbocycles. The Morgan fingerprint density at radius 2 is 2.00 bits per heavy atom. The number of nitrogens with zero attached hydrogens (tertiary/aromatic N) is 3. The monoisotopic (exact) mass is 281 g/mol. The number of pyridine rings is 1. The third-order valence-electron chi connectivity index (χ3n) is 4.38. The Labute approximate surface area is 113 Å². The molecule has 1 aliphatic heterocycles. The molecule has 1 spiro atoms. The summed E-state index contributed by atoms with van der Waals surface area (Å²) in [5.74, 6) is -2.42. The summed E-state index contributed by atoms with van der Waals surface area (Å²) in [6.45, 7) is 1.37. The minimum atomic E-state index is -2.42. The number of hydrogen-bond donors (Lipinski definition) is 0. The van der Waals surface area contributed by atoms with Crippen molar-refractivity contribution in [3.05, 3.63) is 18.5 Å². The van der Waals surface area contributed by atoms with Gasteiger partial charge in [-0.25, -0.2) is 13.8 Å². The van der Waals surface area contributed by atoms with Crippen molar-refractivity contribution in [2.75, 3.05) is 18.0 Å². The van der Waals surface area contributed by atoms with Crippen LogP contribution in [0.3, 0.4) is 0 Å². The number of alkyl halides is 2. The highest BCUT2D eigenvalue weighted by molar-refractivity contribution is 7.22. The largest absolute Gasteiger partial charge is 0.348 e. The fourth-order valence-corrected chi connectivity index (χ4v) is 3.94. The average Bonchev–Trinajstić information content (AvgIpc) is 2.76. The number of thiazole rings is 1. The van der Waals surface area contributed by atoms with Crippen LogP contribution >= 0.6 is 11.3 Å². The molecule has 1 saturated carbocycles. The van der Waals surface area contributed by atoms with E-state index in [0.29, 0.717) is 25.9 Å². The van der Waals surface area contributed by atoms with Crippen LogP contribution in [-0.4, -0.2) is 29.0 Å². The summed E-state index contributed by atoms with van der Waals surface area (Å²) in [4.78, 5) is 10.7. The van der Waals surface area contributed by atoms with Crippen molar-refractivity contribution in [1.29, 1.82) is 0 Å². The molecule has 2 aliphatic rings.